The number of unbranched alkanes of at least 4 members (excludes halogenated alkanes) is 2. The Kier molecular flexibility index (Phi) is 6.79. The number of ether oxygens (including phenoxy) is 1. The summed E-state index contributed by atoms with van der Waals surface area (Å²) in [5.41, 5.74) is 3.20. The van der Waals surface area contributed by atoms with Crippen molar-refractivity contribution in [3.63, 3.8) is 0 Å². The summed E-state index contributed by atoms with van der Waals surface area (Å²) in [6.07, 6.45) is 2.51. The van der Waals surface area contributed by atoms with Crippen LogP contribution in [0.1, 0.15) is 50.5 Å². The standard InChI is InChI=1S/C25H29NO2/c1-4-5-6-7-10-19(2)25(27)24-17-21-11-8-9-12-23(21)26(24)18-20-13-15-22(28-3)16-14-20/h8-9,11-17,19,25,27H,4-6,18H2,1-3H3. The predicted molar refractivity (Wildman–Crippen MR) is 115 cm³/mol. The Bertz CT molecular complexity index is 960. The summed E-state index contributed by atoms with van der Waals surface area (Å²) in [6.45, 7) is 4.86. The van der Waals surface area contributed by atoms with Crippen molar-refractivity contribution >= 4 is 10.9 Å². The summed E-state index contributed by atoms with van der Waals surface area (Å²) in [4.78, 5) is 0. The molecule has 2 aromatic carbocycles. The van der Waals surface area contributed by atoms with Crippen molar-refractivity contribution in [1.29, 1.82) is 0 Å². The van der Waals surface area contributed by atoms with Gasteiger partial charge in [0.25, 0.3) is 0 Å². The Morgan fingerprint density at radius 3 is 2.57 bits per heavy atom. The highest BCUT2D eigenvalue weighted by Gasteiger charge is 2.20. The molecule has 0 bridgehead atoms. The molecule has 2 atom stereocenters. The number of fused-ring (bicyclic) bond motifs is 1. The van der Waals surface area contributed by atoms with E-state index in [0.717, 1.165) is 47.2 Å². The topological polar surface area (TPSA) is 34.4 Å². The first-order valence-electron chi connectivity index (χ1n) is 10.0. The molecule has 3 rings (SSSR count). The molecule has 0 saturated carbocycles. The molecule has 28 heavy (non-hydrogen) atoms. The lowest BCUT2D eigenvalue weighted by atomic mass is 10.0. The van der Waals surface area contributed by atoms with Crippen molar-refractivity contribution in [3.8, 4) is 17.6 Å². The predicted octanol–water partition coefficient (Wildman–Crippen LogP) is 5.56. The number of aliphatic hydroxyl groups excluding tert-OH is 1. The number of benzene rings is 2. The number of rotatable bonds is 7. The molecule has 0 radical (unpaired) electrons. The first-order chi connectivity index (χ1) is 13.6. The molecule has 1 N–H and O–H groups in total. The Morgan fingerprint density at radius 2 is 1.86 bits per heavy atom. The highest BCUT2D eigenvalue weighted by atomic mass is 16.5. The van der Waals surface area contributed by atoms with Gasteiger partial charge in [-0.15, -0.1) is 5.92 Å². The van der Waals surface area contributed by atoms with Gasteiger partial charge in [0.2, 0.25) is 0 Å². The van der Waals surface area contributed by atoms with Gasteiger partial charge in [0.05, 0.1) is 7.11 Å². The van der Waals surface area contributed by atoms with Gasteiger partial charge in [-0.1, -0.05) is 49.6 Å². The number of nitrogens with zero attached hydrogens (tertiary/aromatic N) is 1. The van der Waals surface area contributed by atoms with E-state index >= 15 is 0 Å². The molecule has 0 fully saturated rings. The molecule has 1 heterocycles. The van der Waals surface area contributed by atoms with Crippen LogP contribution in [-0.2, 0) is 6.54 Å². The zero-order valence-electron chi connectivity index (χ0n) is 17.0. The molecule has 3 nitrogen and oxygen atoms in total. The Labute approximate surface area is 168 Å². The highest BCUT2D eigenvalue weighted by molar-refractivity contribution is 5.81. The molecule has 3 aromatic rings. The van der Waals surface area contributed by atoms with Crippen LogP contribution in [0.4, 0.5) is 0 Å². The average Bonchev–Trinajstić information content (AvgIpc) is 3.09. The molecule has 0 aliphatic heterocycles. The van der Waals surface area contributed by atoms with Crippen LogP contribution in [0.25, 0.3) is 10.9 Å². The van der Waals surface area contributed by atoms with Crippen LogP contribution in [0.15, 0.2) is 54.6 Å². The summed E-state index contributed by atoms with van der Waals surface area (Å²) in [6, 6.07) is 18.4. The third-order valence-corrected chi connectivity index (χ3v) is 5.10. The van der Waals surface area contributed by atoms with Crippen LogP contribution in [0, 0.1) is 17.8 Å². The highest BCUT2D eigenvalue weighted by Crippen LogP contribution is 2.29. The maximum Gasteiger partial charge on any atom is 0.118 e. The second kappa shape index (κ2) is 9.48. The summed E-state index contributed by atoms with van der Waals surface area (Å²) in [5.74, 6) is 7.19. The summed E-state index contributed by atoms with van der Waals surface area (Å²) in [7, 11) is 1.67. The van der Waals surface area contributed by atoms with E-state index in [0.29, 0.717) is 6.54 Å². The molecular formula is C25H29NO2. The van der Waals surface area contributed by atoms with Gasteiger partial charge < -0.3 is 14.4 Å². The maximum atomic E-state index is 11.0. The van der Waals surface area contributed by atoms with Crippen LogP contribution in [-0.4, -0.2) is 16.8 Å². The van der Waals surface area contributed by atoms with E-state index in [4.69, 9.17) is 4.74 Å². The van der Waals surface area contributed by atoms with Gasteiger partial charge in [-0.2, -0.15) is 0 Å². The van der Waals surface area contributed by atoms with Gasteiger partial charge in [0.1, 0.15) is 11.9 Å². The van der Waals surface area contributed by atoms with Crippen LogP contribution in [0.3, 0.4) is 0 Å². The quantitative estimate of drug-likeness (QED) is 0.433. The fraction of sp³-hybridized carbons (Fsp3) is 0.360. The van der Waals surface area contributed by atoms with Gasteiger partial charge >= 0.3 is 0 Å². The zero-order chi connectivity index (χ0) is 19.9. The lowest BCUT2D eigenvalue weighted by Crippen LogP contribution is -2.14. The second-order valence-corrected chi connectivity index (χ2v) is 7.22. The lowest BCUT2D eigenvalue weighted by Gasteiger charge is -2.18. The van der Waals surface area contributed by atoms with Gasteiger partial charge in [-0.05, 0) is 48.6 Å². The minimum absolute atomic E-state index is 0.115. The van der Waals surface area contributed by atoms with E-state index in [1.165, 1.54) is 0 Å². The Balaban J connectivity index is 1.92. The van der Waals surface area contributed by atoms with E-state index < -0.39 is 6.10 Å². The number of hydrogen-bond acceptors (Lipinski definition) is 2. The van der Waals surface area contributed by atoms with Crippen molar-refractivity contribution in [1.82, 2.24) is 4.57 Å². The molecule has 3 heteroatoms. The van der Waals surface area contributed by atoms with Gasteiger partial charge in [-0.25, -0.2) is 0 Å². The molecule has 146 valence electrons. The molecule has 0 aliphatic rings. The smallest absolute Gasteiger partial charge is 0.118 e. The molecule has 0 amide bonds. The van der Waals surface area contributed by atoms with Crippen molar-refractivity contribution in [2.75, 3.05) is 7.11 Å². The molecule has 0 aliphatic carbocycles. The van der Waals surface area contributed by atoms with Crippen LogP contribution >= 0.6 is 0 Å². The number of hydrogen-bond donors (Lipinski definition) is 1. The minimum atomic E-state index is -0.625. The van der Waals surface area contributed by atoms with Crippen LogP contribution in [0.5, 0.6) is 5.75 Å². The largest absolute Gasteiger partial charge is 0.497 e. The van der Waals surface area contributed by atoms with Crippen molar-refractivity contribution < 1.29 is 9.84 Å². The van der Waals surface area contributed by atoms with Crippen molar-refractivity contribution in [3.05, 3.63) is 65.9 Å². The zero-order valence-corrected chi connectivity index (χ0v) is 17.0. The fourth-order valence-corrected chi connectivity index (χ4v) is 3.40. The monoisotopic (exact) mass is 375 g/mol. The van der Waals surface area contributed by atoms with E-state index in [2.05, 4.69) is 53.7 Å². The Hall–Kier alpha value is -2.70. The maximum absolute atomic E-state index is 11.0. The number of para-hydroxylation sites is 1. The van der Waals surface area contributed by atoms with E-state index in [-0.39, 0.29) is 5.92 Å². The lowest BCUT2D eigenvalue weighted by molar-refractivity contribution is 0.135. The number of aromatic nitrogens is 1. The van der Waals surface area contributed by atoms with Gasteiger partial charge in [-0.3, -0.25) is 0 Å². The molecule has 0 spiro atoms. The third-order valence-electron chi connectivity index (χ3n) is 5.10. The Morgan fingerprint density at radius 1 is 1.11 bits per heavy atom. The van der Waals surface area contributed by atoms with Crippen LogP contribution in [0.2, 0.25) is 0 Å². The summed E-state index contributed by atoms with van der Waals surface area (Å²) in [5, 5.41) is 12.2. The van der Waals surface area contributed by atoms with Crippen molar-refractivity contribution in [2.24, 2.45) is 5.92 Å². The van der Waals surface area contributed by atoms with Crippen molar-refractivity contribution in [2.45, 2.75) is 45.8 Å². The van der Waals surface area contributed by atoms with E-state index in [1.807, 2.05) is 31.2 Å². The molecular weight excluding hydrogens is 346 g/mol. The SMILES string of the molecule is CCCCC#CC(C)C(O)c1cc2ccccc2n1Cc1ccc(OC)cc1. The number of aliphatic hydroxyl groups is 1. The molecule has 2 unspecified atom stereocenters. The second-order valence-electron chi connectivity index (χ2n) is 7.22. The van der Waals surface area contributed by atoms with E-state index in [9.17, 15) is 5.11 Å². The summed E-state index contributed by atoms with van der Waals surface area (Å²) < 4.78 is 7.46. The summed E-state index contributed by atoms with van der Waals surface area (Å²) >= 11 is 0. The third kappa shape index (κ3) is 4.58. The normalized spacial score (nSPS) is 13.0. The number of methoxy groups -OCH3 is 1. The first-order valence-corrected chi connectivity index (χ1v) is 10.0. The minimum Gasteiger partial charge on any atom is -0.497 e. The molecule has 0 saturated heterocycles. The average molecular weight is 376 g/mol. The fourth-order valence-electron chi connectivity index (χ4n) is 3.40. The van der Waals surface area contributed by atoms with E-state index in [1.54, 1.807) is 7.11 Å². The van der Waals surface area contributed by atoms with Gasteiger partial charge in [0, 0.05) is 30.1 Å². The van der Waals surface area contributed by atoms with Gasteiger partial charge in [0.15, 0.2) is 0 Å². The first kappa shape index (κ1) is 20.0. The molecule has 1 aromatic heterocycles. The van der Waals surface area contributed by atoms with Crippen LogP contribution < -0.4 is 4.74 Å².